The van der Waals surface area contributed by atoms with E-state index in [2.05, 4.69) is 14.8 Å². The SMILES string of the molecule is CN(C)CC1CC(O)CN1c1ccc(C=O)cn1. The van der Waals surface area contributed by atoms with Gasteiger partial charge in [0.05, 0.1) is 6.10 Å². The van der Waals surface area contributed by atoms with Crippen molar-refractivity contribution in [2.75, 3.05) is 32.1 Å². The number of hydrogen-bond donors (Lipinski definition) is 1. The van der Waals surface area contributed by atoms with Crippen molar-refractivity contribution in [3.05, 3.63) is 23.9 Å². The number of β-amino-alcohol motifs (C(OH)–C–C–N with tert-alkyl or cyclic N) is 1. The second-order valence-electron chi connectivity index (χ2n) is 5.03. The number of pyridine rings is 1. The summed E-state index contributed by atoms with van der Waals surface area (Å²) in [4.78, 5) is 19.1. The van der Waals surface area contributed by atoms with Crippen LogP contribution in [0.2, 0.25) is 0 Å². The van der Waals surface area contributed by atoms with Gasteiger partial charge in [-0.05, 0) is 32.6 Å². The van der Waals surface area contributed by atoms with E-state index in [1.807, 2.05) is 20.2 Å². The highest BCUT2D eigenvalue weighted by molar-refractivity contribution is 5.74. The van der Waals surface area contributed by atoms with Gasteiger partial charge in [0.25, 0.3) is 0 Å². The quantitative estimate of drug-likeness (QED) is 0.783. The summed E-state index contributed by atoms with van der Waals surface area (Å²) in [6.07, 6.45) is 2.81. The van der Waals surface area contributed by atoms with Gasteiger partial charge in [-0.25, -0.2) is 4.98 Å². The summed E-state index contributed by atoms with van der Waals surface area (Å²) in [6.45, 7) is 1.49. The number of nitrogens with zero attached hydrogens (tertiary/aromatic N) is 3. The number of anilines is 1. The van der Waals surface area contributed by atoms with Crippen LogP contribution in [-0.4, -0.2) is 60.6 Å². The lowest BCUT2D eigenvalue weighted by molar-refractivity contribution is 0.112. The summed E-state index contributed by atoms with van der Waals surface area (Å²) in [7, 11) is 4.04. The molecule has 1 aromatic heterocycles. The second kappa shape index (κ2) is 5.46. The number of likely N-dealkylation sites (N-methyl/N-ethyl adjacent to an activating group) is 1. The third-order valence-electron chi connectivity index (χ3n) is 3.17. The molecule has 1 aromatic rings. The van der Waals surface area contributed by atoms with Crippen LogP contribution < -0.4 is 4.90 Å². The maximum absolute atomic E-state index is 10.6. The molecular formula is C13H19N3O2. The molecular weight excluding hydrogens is 230 g/mol. The Bertz CT molecular complexity index is 405. The van der Waals surface area contributed by atoms with Crippen LogP contribution in [0.5, 0.6) is 0 Å². The smallest absolute Gasteiger partial charge is 0.151 e. The molecule has 1 N–H and O–H groups in total. The largest absolute Gasteiger partial charge is 0.391 e. The lowest BCUT2D eigenvalue weighted by atomic mass is 10.2. The third-order valence-corrected chi connectivity index (χ3v) is 3.17. The number of rotatable bonds is 4. The molecule has 2 rings (SSSR count). The molecule has 0 aliphatic carbocycles. The van der Waals surface area contributed by atoms with Crippen LogP contribution in [0.25, 0.3) is 0 Å². The van der Waals surface area contributed by atoms with E-state index in [9.17, 15) is 9.90 Å². The molecule has 5 heteroatoms. The summed E-state index contributed by atoms with van der Waals surface area (Å²) in [5.41, 5.74) is 0.572. The van der Waals surface area contributed by atoms with Crippen LogP contribution in [-0.2, 0) is 0 Å². The molecule has 1 aliphatic heterocycles. The molecule has 2 atom stereocenters. The first kappa shape index (κ1) is 13.0. The Balaban J connectivity index is 2.15. The average Bonchev–Trinajstić information content (AvgIpc) is 2.69. The van der Waals surface area contributed by atoms with Crippen LogP contribution >= 0.6 is 0 Å². The zero-order chi connectivity index (χ0) is 13.1. The second-order valence-corrected chi connectivity index (χ2v) is 5.03. The molecule has 0 aromatic carbocycles. The first-order chi connectivity index (χ1) is 8.60. The minimum atomic E-state index is -0.303. The zero-order valence-electron chi connectivity index (χ0n) is 10.8. The number of hydrogen-bond acceptors (Lipinski definition) is 5. The van der Waals surface area contributed by atoms with Gasteiger partial charge in [0.1, 0.15) is 5.82 Å². The van der Waals surface area contributed by atoms with E-state index in [0.29, 0.717) is 12.1 Å². The Labute approximate surface area is 107 Å². The van der Waals surface area contributed by atoms with Crippen LogP contribution in [0.1, 0.15) is 16.8 Å². The van der Waals surface area contributed by atoms with E-state index in [1.165, 1.54) is 0 Å². The van der Waals surface area contributed by atoms with E-state index in [-0.39, 0.29) is 12.1 Å². The van der Waals surface area contributed by atoms with Crippen LogP contribution in [0.4, 0.5) is 5.82 Å². The normalized spacial score (nSPS) is 23.7. The van der Waals surface area contributed by atoms with Crippen LogP contribution in [0.3, 0.4) is 0 Å². The maximum Gasteiger partial charge on any atom is 0.151 e. The summed E-state index contributed by atoms with van der Waals surface area (Å²) in [6, 6.07) is 3.86. The molecule has 1 fully saturated rings. The Morgan fingerprint density at radius 3 is 2.89 bits per heavy atom. The predicted octanol–water partition coefficient (Wildman–Crippen LogP) is 0.395. The van der Waals surface area contributed by atoms with Crippen molar-refractivity contribution in [3.8, 4) is 0 Å². The van der Waals surface area contributed by atoms with Crippen molar-refractivity contribution in [1.82, 2.24) is 9.88 Å². The predicted molar refractivity (Wildman–Crippen MR) is 69.9 cm³/mol. The van der Waals surface area contributed by atoms with Gasteiger partial charge in [-0.1, -0.05) is 0 Å². The molecule has 0 radical (unpaired) electrons. The first-order valence-electron chi connectivity index (χ1n) is 6.11. The van der Waals surface area contributed by atoms with E-state index in [0.717, 1.165) is 25.1 Å². The topological polar surface area (TPSA) is 56.7 Å². The van der Waals surface area contributed by atoms with Crippen molar-refractivity contribution in [2.24, 2.45) is 0 Å². The molecule has 2 unspecified atom stereocenters. The fourth-order valence-corrected chi connectivity index (χ4v) is 2.40. The molecule has 18 heavy (non-hydrogen) atoms. The molecule has 2 heterocycles. The number of aliphatic hydroxyl groups excluding tert-OH is 1. The summed E-state index contributed by atoms with van der Waals surface area (Å²) < 4.78 is 0. The third kappa shape index (κ3) is 2.86. The number of aldehydes is 1. The van der Waals surface area contributed by atoms with Crippen molar-refractivity contribution in [1.29, 1.82) is 0 Å². The Morgan fingerprint density at radius 2 is 2.33 bits per heavy atom. The lowest BCUT2D eigenvalue weighted by Gasteiger charge is -2.27. The van der Waals surface area contributed by atoms with Crippen molar-refractivity contribution < 1.29 is 9.90 Å². The highest BCUT2D eigenvalue weighted by atomic mass is 16.3. The number of aliphatic hydroxyl groups is 1. The molecule has 1 aliphatic rings. The van der Waals surface area contributed by atoms with E-state index >= 15 is 0 Å². The number of carbonyl (C=O) groups is 1. The van der Waals surface area contributed by atoms with Crippen molar-refractivity contribution in [3.63, 3.8) is 0 Å². The van der Waals surface area contributed by atoms with Gasteiger partial charge < -0.3 is 14.9 Å². The summed E-state index contributed by atoms with van der Waals surface area (Å²) >= 11 is 0. The van der Waals surface area contributed by atoms with Crippen LogP contribution in [0.15, 0.2) is 18.3 Å². The maximum atomic E-state index is 10.6. The number of aromatic nitrogens is 1. The van der Waals surface area contributed by atoms with Gasteiger partial charge in [0.15, 0.2) is 6.29 Å². The Hall–Kier alpha value is -1.46. The first-order valence-corrected chi connectivity index (χ1v) is 6.11. The molecule has 0 saturated carbocycles. The van der Waals surface area contributed by atoms with E-state index < -0.39 is 0 Å². The van der Waals surface area contributed by atoms with Gasteiger partial charge in [0.2, 0.25) is 0 Å². The van der Waals surface area contributed by atoms with E-state index in [4.69, 9.17) is 0 Å². The Kier molecular flexibility index (Phi) is 3.93. The molecule has 1 saturated heterocycles. The van der Waals surface area contributed by atoms with E-state index in [1.54, 1.807) is 12.3 Å². The van der Waals surface area contributed by atoms with Crippen molar-refractivity contribution in [2.45, 2.75) is 18.6 Å². The Morgan fingerprint density at radius 1 is 1.56 bits per heavy atom. The standard InChI is InChI=1S/C13H19N3O2/c1-15(2)7-11-5-12(18)8-16(11)13-4-3-10(9-17)6-14-13/h3-4,6,9,11-12,18H,5,7-8H2,1-2H3. The van der Waals surface area contributed by atoms with Crippen molar-refractivity contribution >= 4 is 12.1 Å². The van der Waals surface area contributed by atoms with Gasteiger partial charge in [-0.15, -0.1) is 0 Å². The lowest BCUT2D eigenvalue weighted by Crippen LogP contribution is -2.38. The fraction of sp³-hybridized carbons (Fsp3) is 0.538. The van der Waals surface area contributed by atoms with Crippen LogP contribution in [0, 0.1) is 0 Å². The molecule has 0 spiro atoms. The average molecular weight is 249 g/mol. The minimum absolute atomic E-state index is 0.268. The summed E-state index contributed by atoms with van der Waals surface area (Å²) in [5.74, 6) is 0.823. The minimum Gasteiger partial charge on any atom is -0.391 e. The molecule has 0 amide bonds. The summed E-state index contributed by atoms with van der Waals surface area (Å²) in [5, 5.41) is 9.80. The molecule has 5 nitrogen and oxygen atoms in total. The monoisotopic (exact) mass is 249 g/mol. The molecule has 0 bridgehead atoms. The molecule has 98 valence electrons. The number of carbonyl (C=O) groups excluding carboxylic acids is 1. The highest BCUT2D eigenvalue weighted by Gasteiger charge is 2.31. The van der Waals surface area contributed by atoms with Gasteiger partial charge in [-0.2, -0.15) is 0 Å². The fourth-order valence-electron chi connectivity index (χ4n) is 2.40. The van der Waals surface area contributed by atoms with Gasteiger partial charge in [-0.3, -0.25) is 4.79 Å². The zero-order valence-corrected chi connectivity index (χ0v) is 10.8. The highest BCUT2D eigenvalue weighted by Crippen LogP contribution is 2.24. The van der Waals surface area contributed by atoms with Gasteiger partial charge >= 0.3 is 0 Å². The van der Waals surface area contributed by atoms with Gasteiger partial charge in [0, 0.05) is 30.9 Å².